The molecule has 0 bridgehead atoms. The molecule has 1 saturated heterocycles. The van der Waals surface area contributed by atoms with Crippen molar-refractivity contribution < 1.29 is 9.47 Å². The fraction of sp³-hybridized carbons (Fsp3) is 1.00. The summed E-state index contributed by atoms with van der Waals surface area (Å²) in [6.07, 6.45) is 2.73. The Morgan fingerprint density at radius 3 is 2.91 bits per heavy atom. The van der Waals surface area contributed by atoms with Gasteiger partial charge in [0.15, 0.2) is 0 Å². The van der Waals surface area contributed by atoms with E-state index in [1.807, 2.05) is 0 Å². The maximum Gasteiger partial charge on any atom is 0.0830 e. The Morgan fingerprint density at radius 1 is 1.73 bits per heavy atom. The highest BCUT2D eigenvalue weighted by Gasteiger charge is 2.17. The van der Waals surface area contributed by atoms with Gasteiger partial charge in [0.05, 0.1) is 12.7 Å². The van der Waals surface area contributed by atoms with E-state index in [9.17, 15) is 0 Å². The van der Waals surface area contributed by atoms with E-state index < -0.39 is 0 Å². The third-order valence-electron chi connectivity index (χ3n) is 1.76. The number of ether oxygens (including phenoxy) is 2. The molecule has 0 aromatic rings. The lowest BCUT2D eigenvalue weighted by molar-refractivity contribution is -0.0937. The smallest absolute Gasteiger partial charge is 0.0830 e. The van der Waals surface area contributed by atoms with Gasteiger partial charge in [-0.25, -0.2) is 0 Å². The second-order valence-electron chi connectivity index (χ2n) is 2.93. The molecule has 1 rings (SSSR count). The molecule has 1 fully saturated rings. The SMILES string of the molecule is CC(I)CCOCC1CCO1. The second kappa shape index (κ2) is 5.32. The van der Waals surface area contributed by atoms with Crippen LogP contribution in [0.3, 0.4) is 0 Å². The van der Waals surface area contributed by atoms with Gasteiger partial charge >= 0.3 is 0 Å². The van der Waals surface area contributed by atoms with Crippen LogP contribution < -0.4 is 0 Å². The van der Waals surface area contributed by atoms with E-state index in [1.165, 1.54) is 6.42 Å². The van der Waals surface area contributed by atoms with Crippen molar-refractivity contribution in [2.24, 2.45) is 0 Å². The number of hydrogen-bond acceptors (Lipinski definition) is 2. The standard InChI is InChI=1S/C8H15IO2/c1-7(9)2-4-10-6-8-3-5-11-8/h7-8H,2-6H2,1H3. The van der Waals surface area contributed by atoms with Crippen LogP contribution in [-0.4, -0.2) is 29.8 Å². The molecule has 0 amide bonds. The number of halogens is 1. The van der Waals surface area contributed by atoms with Gasteiger partial charge < -0.3 is 9.47 Å². The highest BCUT2D eigenvalue weighted by atomic mass is 127. The molecule has 1 aliphatic rings. The lowest BCUT2D eigenvalue weighted by atomic mass is 10.2. The van der Waals surface area contributed by atoms with Gasteiger partial charge in [-0.2, -0.15) is 0 Å². The van der Waals surface area contributed by atoms with Crippen molar-refractivity contribution in [2.75, 3.05) is 19.8 Å². The number of rotatable bonds is 5. The summed E-state index contributed by atoms with van der Waals surface area (Å²) in [5, 5.41) is 0. The van der Waals surface area contributed by atoms with Crippen LogP contribution in [0.5, 0.6) is 0 Å². The summed E-state index contributed by atoms with van der Waals surface area (Å²) in [7, 11) is 0. The number of hydrogen-bond donors (Lipinski definition) is 0. The largest absolute Gasteiger partial charge is 0.379 e. The highest BCUT2D eigenvalue weighted by molar-refractivity contribution is 14.1. The first-order valence-electron chi connectivity index (χ1n) is 4.12. The van der Waals surface area contributed by atoms with E-state index in [0.29, 0.717) is 6.10 Å². The molecular formula is C8H15IO2. The Kier molecular flexibility index (Phi) is 4.71. The first-order valence-corrected chi connectivity index (χ1v) is 5.37. The summed E-state index contributed by atoms with van der Waals surface area (Å²) in [6, 6.07) is 0. The summed E-state index contributed by atoms with van der Waals surface area (Å²) in [5.74, 6) is 0. The molecule has 0 spiro atoms. The Morgan fingerprint density at radius 2 is 2.45 bits per heavy atom. The van der Waals surface area contributed by atoms with Crippen molar-refractivity contribution in [1.29, 1.82) is 0 Å². The minimum absolute atomic E-state index is 0.402. The van der Waals surface area contributed by atoms with Gasteiger partial charge in [0.25, 0.3) is 0 Å². The molecule has 1 heterocycles. The van der Waals surface area contributed by atoms with Crippen LogP contribution in [-0.2, 0) is 9.47 Å². The highest BCUT2D eigenvalue weighted by Crippen LogP contribution is 2.11. The molecule has 2 unspecified atom stereocenters. The van der Waals surface area contributed by atoms with Crippen LogP contribution in [0.15, 0.2) is 0 Å². The van der Waals surface area contributed by atoms with E-state index in [-0.39, 0.29) is 0 Å². The van der Waals surface area contributed by atoms with Crippen molar-refractivity contribution >= 4 is 22.6 Å². The van der Waals surface area contributed by atoms with E-state index in [4.69, 9.17) is 9.47 Å². The zero-order chi connectivity index (χ0) is 8.10. The molecule has 1 aliphatic heterocycles. The normalized spacial score (nSPS) is 26.2. The van der Waals surface area contributed by atoms with Gasteiger partial charge in [-0.15, -0.1) is 0 Å². The predicted octanol–water partition coefficient (Wildman–Crippen LogP) is 2.01. The Balaban J connectivity index is 1.80. The molecule has 3 heteroatoms. The van der Waals surface area contributed by atoms with E-state index in [1.54, 1.807) is 0 Å². The van der Waals surface area contributed by atoms with Gasteiger partial charge in [0, 0.05) is 17.1 Å². The topological polar surface area (TPSA) is 18.5 Å². The summed E-state index contributed by atoms with van der Waals surface area (Å²) >= 11 is 2.41. The molecule has 0 saturated carbocycles. The van der Waals surface area contributed by atoms with E-state index >= 15 is 0 Å². The molecule has 2 atom stereocenters. The molecule has 66 valence electrons. The Hall–Kier alpha value is 0.650. The van der Waals surface area contributed by atoms with Crippen LogP contribution >= 0.6 is 22.6 Å². The summed E-state index contributed by atoms with van der Waals surface area (Å²) in [6.45, 7) is 4.80. The maximum absolute atomic E-state index is 5.42. The van der Waals surface area contributed by atoms with Crippen LogP contribution in [0.25, 0.3) is 0 Å². The third-order valence-corrected chi connectivity index (χ3v) is 2.38. The molecule has 0 N–H and O–H groups in total. The lowest BCUT2D eigenvalue weighted by Crippen LogP contribution is -2.31. The fourth-order valence-electron chi connectivity index (χ4n) is 0.876. The average molecular weight is 270 g/mol. The molecular weight excluding hydrogens is 255 g/mol. The minimum Gasteiger partial charge on any atom is -0.379 e. The first-order chi connectivity index (χ1) is 5.29. The average Bonchev–Trinajstić information content (AvgIpc) is 1.82. The van der Waals surface area contributed by atoms with Crippen molar-refractivity contribution in [1.82, 2.24) is 0 Å². The van der Waals surface area contributed by atoms with Crippen LogP contribution in [0.2, 0.25) is 0 Å². The summed E-state index contributed by atoms with van der Waals surface area (Å²) in [4.78, 5) is 0. The fourth-order valence-corrected chi connectivity index (χ4v) is 1.13. The van der Waals surface area contributed by atoms with Crippen molar-refractivity contribution in [3.05, 3.63) is 0 Å². The Labute approximate surface area is 81.8 Å². The summed E-state index contributed by atoms with van der Waals surface area (Å²) in [5.41, 5.74) is 0. The van der Waals surface area contributed by atoms with Gasteiger partial charge in [-0.05, 0) is 12.8 Å². The van der Waals surface area contributed by atoms with Crippen LogP contribution in [0, 0.1) is 0 Å². The van der Waals surface area contributed by atoms with E-state index in [2.05, 4.69) is 29.5 Å². The van der Waals surface area contributed by atoms with Gasteiger partial charge in [0.1, 0.15) is 0 Å². The van der Waals surface area contributed by atoms with Crippen molar-refractivity contribution in [2.45, 2.75) is 29.8 Å². The maximum atomic E-state index is 5.42. The Bertz CT molecular complexity index is 102. The monoisotopic (exact) mass is 270 g/mol. The number of alkyl halides is 1. The van der Waals surface area contributed by atoms with Crippen molar-refractivity contribution in [3.8, 4) is 0 Å². The third kappa shape index (κ3) is 4.28. The zero-order valence-corrected chi connectivity index (χ0v) is 9.04. The summed E-state index contributed by atoms with van der Waals surface area (Å²) < 4.78 is 11.3. The quantitative estimate of drug-likeness (QED) is 0.432. The molecule has 11 heavy (non-hydrogen) atoms. The van der Waals surface area contributed by atoms with Crippen LogP contribution in [0.1, 0.15) is 19.8 Å². The van der Waals surface area contributed by atoms with Gasteiger partial charge in [-0.3, -0.25) is 0 Å². The first kappa shape index (κ1) is 9.74. The minimum atomic E-state index is 0.402. The predicted molar refractivity (Wildman–Crippen MR) is 53.3 cm³/mol. The zero-order valence-electron chi connectivity index (χ0n) is 6.88. The van der Waals surface area contributed by atoms with E-state index in [0.717, 1.165) is 30.2 Å². The van der Waals surface area contributed by atoms with Crippen LogP contribution in [0.4, 0.5) is 0 Å². The van der Waals surface area contributed by atoms with Gasteiger partial charge in [-0.1, -0.05) is 29.5 Å². The van der Waals surface area contributed by atoms with Crippen molar-refractivity contribution in [3.63, 3.8) is 0 Å². The van der Waals surface area contributed by atoms with Gasteiger partial charge in [0.2, 0.25) is 0 Å². The molecule has 0 aromatic carbocycles. The molecule has 0 aromatic heterocycles. The lowest BCUT2D eigenvalue weighted by Gasteiger charge is -2.26. The molecule has 2 nitrogen and oxygen atoms in total. The molecule has 0 aliphatic carbocycles. The second-order valence-corrected chi connectivity index (χ2v) is 5.05. The molecule has 0 radical (unpaired) electrons.